The summed E-state index contributed by atoms with van der Waals surface area (Å²) in [5.41, 5.74) is 4.87. The van der Waals surface area contributed by atoms with E-state index in [9.17, 15) is 4.79 Å². The Morgan fingerprint density at radius 2 is 1.50 bits per heavy atom. The smallest absolute Gasteiger partial charge is 0.241 e. The van der Waals surface area contributed by atoms with Gasteiger partial charge in [-0.05, 0) is 60.7 Å². The molecule has 4 rings (SSSR count). The zero-order valence-electron chi connectivity index (χ0n) is 19.2. The molecule has 0 aromatic heterocycles. The average Bonchev–Trinajstić information content (AvgIpc) is 3.08. The molecule has 0 unspecified atom stereocenters. The summed E-state index contributed by atoms with van der Waals surface area (Å²) in [5, 5.41) is 0. The average molecular weight is 429 g/mol. The van der Waals surface area contributed by atoms with Gasteiger partial charge in [-0.25, -0.2) is 0 Å². The molecular formula is C28H32N2O2. The second-order valence-electron chi connectivity index (χ2n) is 8.47. The molecule has 1 aliphatic rings. The number of carbonyl (C=O) groups excluding carboxylic acids is 1. The molecule has 0 saturated carbocycles. The lowest BCUT2D eigenvalue weighted by atomic mass is 10.0. The Morgan fingerprint density at radius 3 is 2.12 bits per heavy atom. The van der Waals surface area contributed by atoms with Crippen molar-refractivity contribution in [3.05, 3.63) is 101 Å². The molecule has 166 valence electrons. The number of carbonyl (C=O) groups is 1. The SMILES string of the molecule is CCc1ccc([C@H]2N(CCc3ccc(OC)cc3)C(=O)[C@H](Cc3ccccc3)N2C)cc1. The Kier molecular flexibility index (Phi) is 6.91. The standard InChI is InChI=1S/C28H32N2O2/c1-4-21-10-14-24(15-11-21)27-29(2)26(20-23-8-6-5-7-9-23)28(31)30(27)19-18-22-12-16-25(32-3)17-13-22/h5-17,26-27H,4,18-20H2,1-3H3/t26-,27+/m0/s1. The number of nitrogens with zero attached hydrogens (tertiary/aromatic N) is 2. The van der Waals surface area contributed by atoms with E-state index in [1.165, 1.54) is 22.3 Å². The topological polar surface area (TPSA) is 32.8 Å². The van der Waals surface area contributed by atoms with Crippen LogP contribution in [0.4, 0.5) is 0 Å². The molecule has 32 heavy (non-hydrogen) atoms. The Bertz CT molecular complexity index is 1020. The van der Waals surface area contributed by atoms with Gasteiger partial charge >= 0.3 is 0 Å². The minimum absolute atomic E-state index is 0.0552. The number of methoxy groups -OCH3 is 1. The number of likely N-dealkylation sites (N-methyl/N-ethyl adjacent to an activating group) is 1. The van der Waals surface area contributed by atoms with E-state index in [-0.39, 0.29) is 18.1 Å². The first kappa shape index (κ1) is 22.1. The van der Waals surface area contributed by atoms with Crippen molar-refractivity contribution < 1.29 is 9.53 Å². The Hall–Kier alpha value is -3.11. The van der Waals surface area contributed by atoms with Crippen LogP contribution in [0.3, 0.4) is 0 Å². The molecule has 4 nitrogen and oxygen atoms in total. The van der Waals surface area contributed by atoms with Gasteiger partial charge in [0.1, 0.15) is 11.9 Å². The van der Waals surface area contributed by atoms with E-state index < -0.39 is 0 Å². The summed E-state index contributed by atoms with van der Waals surface area (Å²) in [6.45, 7) is 2.85. The monoisotopic (exact) mass is 428 g/mol. The van der Waals surface area contributed by atoms with Crippen LogP contribution in [-0.2, 0) is 24.1 Å². The van der Waals surface area contributed by atoms with Gasteiger partial charge in [0.05, 0.1) is 13.2 Å². The first-order chi connectivity index (χ1) is 15.6. The summed E-state index contributed by atoms with van der Waals surface area (Å²) in [7, 11) is 3.76. The summed E-state index contributed by atoms with van der Waals surface area (Å²) in [6.07, 6.45) is 2.49. The van der Waals surface area contributed by atoms with E-state index in [4.69, 9.17) is 4.74 Å². The predicted octanol–water partition coefficient (Wildman–Crippen LogP) is 4.88. The molecule has 1 heterocycles. The molecule has 3 aromatic carbocycles. The van der Waals surface area contributed by atoms with Gasteiger partial charge in [-0.1, -0.05) is 73.7 Å². The highest BCUT2D eigenvalue weighted by Gasteiger charge is 2.44. The molecule has 1 fully saturated rings. The number of benzene rings is 3. The third kappa shape index (κ3) is 4.71. The Morgan fingerprint density at radius 1 is 0.844 bits per heavy atom. The van der Waals surface area contributed by atoms with Crippen molar-refractivity contribution in [1.29, 1.82) is 0 Å². The van der Waals surface area contributed by atoms with Crippen LogP contribution < -0.4 is 4.74 Å². The Labute approximate surface area is 191 Å². The summed E-state index contributed by atoms with van der Waals surface area (Å²) in [4.78, 5) is 17.9. The minimum atomic E-state index is -0.163. The van der Waals surface area contributed by atoms with Gasteiger partial charge in [0.2, 0.25) is 5.91 Å². The molecular weight excluding hydrogens is 396 g/mol. The first-order valence-electron chi connectivity index (χ1n) is 11.4. The van der Waals surface area contributed by atoms with E-state index in [1.807, 2.05) is 30.3 Å². The van der Waals surface area contributed by atoms with Crippen LogP contribution in [0.25, 0.3) is 0 Å². The Balaban J connectivity index is 1.58. The fourth-order valence-corrected chi connectivity index (χ4v) is 4.56. The molecule has 2 atom stereocenters. The van der Waals surface area contributed by atoms with E-state index in [2.05, 4.69) is 72.3 Å². The van der Waals surface area contributed by atoms with Crippen LogP contribution in [0.15, 0.2) is 78.9 Å². The number of aryl methyl sites for hydroxylation is 1. The molecule has 1 saturated heterocycles. The summed E-state index contributed by atoms with van der Waals surface area (Å²) >= 11 is 0. The van der Waals surface area contributed by atoms with Crippen LogP contribution in [0, 0.1) is 0 Å². The molecule has 0 N–H and O–H groups in total. The van der Waals surface area contributed by atoms with Gasteiger partial charge < -0.3 is 9.64 Å². The molecule has 1 aliphatic heterocycles. The molecule has 3 aromatic rings. The normalized spacial score (nSPS) is 18.8. The molecule has 0 aliphatic carbocycles. The van der Waals surface area contributed by atoms with Crippen molar-refractivity contribution in [3.63, 3.8) is 0 Å². The quantitative estimate of drug-likeness (QED) is 0.512. The van der Waals surface area contributed by atoms with Crippen molar-refractivity contribution in [1.82, 2.24) is 9.80 Å². The van der Waals surface area contributed by atoms with Gasteiger partial charge in [-0.15, -0.1) is 0 Å². The molecule has 0 spiro atoms. The van der Waals surface area contributed by atoms with Gasteiger partial charge in [0.15, 0.2) is 0 Å². The second kappa shape index (κ2) is 10.0. The van der Waals surface area contributed by atoms with E-state index >= 15 is 0 Å². The molecule has 1 amide bonds. The highest BCUT2D eigenvalue weighted by atomic mass is 16.5. The fourth-order valence-electron chi connectivity index (χ4n) is 4.56. The van der Waals surface area contributed by atoms with E-state index in [0.717, 1.165) is 25.0 Å². The van der Waals surface area contributed by atoms with Crippen molar-refractivity contribution in [2.45, 2.75) is 38.4 Å². The van der Waals surface area contributed by atoms with Crippen molar-refractivity contribution in [2.24, 2.45) is 0 Å². The third-order valence-corrected chi connectivity index (χ3v) is 6.50. The van der Waals surface area contributed by atoms with Crippen LogP contribution in [0.5, 0.6) is 5.75 Å². The highest BCUT2D eigenvalue weighted by molar-refractivity contribution is 5.85. The second-order valence-corrected chi connectivity index (χ2v) is 8.47. The predicted molar refractivity (Wildman–Crippen MR) is 129 cm³/mol. The largest absolute Gasteiger partial charge is 0.497 e. The summed E-state index contributed by atoms with van der Waals surface area (Å²) in [5.74, 6) is 1.05. The molecule has 0 bridgehead atoms. The van der Waals surface area contributed by atoms with Crippen molar-refractivity contribution in [3.8, 4) is 5.75 Å². The lowest BCUT2D eigenvalue weighted by molar-refractivity contribution is -0.130. The lowest BCUT2D eigenvalue weighted by Crippen LogP contribution is -2.33. The van der Waals surface area contributed by atoms with Crippen LogP contribution in [0.2, 0.25) is 0 Å². The number of ether oxygens (including phenoxy) is 1. The first-order valence-corrected chi connectivity index (χ1v) is 11.4. The van der Waals surface area contributed by atoms with Gasteiger partial charge in [-0.3, -0.25) is 9.69 Å². The summed E-state index contributed by atoms with van der Waals surface area (Å²) in [6, 6.07) is 27.0. The fraction of sp³-hybridized carbons (Fsp3) is 0.321. The highest BCUT2D eigenvalue weighted by Crippen LogP contribution is 2.35. The number of hydrogen-bond donors (Lipinski definition) is 0. The minimum Gasteiger partial charge on any atom is -0.497 e. The molecule has 4 heteroatoms. The number of amides is 1. The van der Waals surface area contributed by atoms with Crippen LogP contribution in [-0.4, -0.2) is 42.5 Å². The zero-order chi connectivity index (χ0) is 22.5. The lowest BCUT2D eigenvalue weighted by Gasteiger charge is -2.29. The summed E-state index contributed by atoms with van der Waals surface area (Å²) < 4.78 is 5.27. The van der Waals surface area contributed by atoms with E-state index in [1.54, 1.807) is 7.11 Å². The maximum absolute atomic E-state index is 13.6. The maximum atomic E-state index is 13.6. The number of rotatable bonds is 8. The van der Waals surface area contributed by atoms with E-state index in [0.29, 0.717) is 6.54 Å². The van der Waals surface area contributed by atoms with Crippen molar-refractivity contribution in [2.75, 3.05) is 20.7 Å². The number of hydrogen-bond acceptors (Lipinski definition) is 3. The van der Waals surface area contributed by atoms with Gasteiger partial charge in [0, 0.05) is 6.54 Å². The molecule has 0 radical (unpaired) electrons. The van der Waals surface area contributed by atoms with Crippen LogP contribution >= 0.6 is 0 Å². The zero-order valence-corrected chi connectivity index (χ0v) is 19.2. The van der Waals surface area contributed by atoms with Crippen LogP contribution in [0.1, 0.15) is 35.3 Å². The third-order valence-electron chi connectivity index (χ3n) is 6.50. The van der Waals surface area contributed by atoms with Crippen molar-refractivity contribution >= 4 is 5.91 Å². The van der Waals surface area contributed by atoms with Gasteiger partial charge in [0.25, 0.3) is 0 Å². The van der Waals surface area contributed by atoms with Gasteiger partial charge in [-0.2, -0.15) is 0 Å². The maximum Gasteiger partial charge on any atom is 0.241 e.